The average Bonchev–Trinajstić information content (AvgIpc) is 2.48. The summed E-state index contributed by atoms with van der Waals surface area (Å²) in [6.07, 6.45) is 2.38. The highest BCUT2D eigenvalue weighted by atomic mass is 32.2. The molecular weight excluding hydrogens is 320 g/mol. The standard InChI is InChI=1S/C15H24N2O3S2/c1-5-22(19,20)17-14(9-10-21-4)15(18)16-13-8-6-7-11(2)12(13)3/h6-8,14,17H,5,9-10H2,1-4H3,(H,16,18)/t14-/m1/s1. The van der Waals surface area contributed by atoms with Gasteiger partial charge in [-0.2, -0.15) is 11.8 Å². The Labute approximate surface area is 137 Å². The smallest absolute Gasteiger partial charge is 0.242 e. The van der Waals surface area contributed by atoms with Crippen molar-refractivity contribution in [3.05, 3.63) is 29.3 Å². The van der Waals surface area contributed by atoms with Crippen LogP contribution in [0.25, 0.3) is 0 Å². The van der Waals surface area contributed by atoms with Crippen molar-refractivity contribution in [3.63, 3.8) is 0 Å². The van der Waals surface area contributed by atoms with E-state index in [1.165, 1.54) is 0 Å². The molecule has 1 rings (SSSR count). The number of hydrogen-bond donors (Lipinski definition) is 2. The molecule has 0 saturated carbocycles. The van der Waals surface area contributed by atoms with E-state index in [1.807, 2.05) is 38.3 Å². The number of nitrogens with one attached hydrogen (secondary N) is 2. The SMILES string of the molecule is CCS(=O)(=O)N[C@H](CCSC)C(=O)Nc1cccc(C)c1C. The fourth-order valence-corrected chi connectivity index (χ4v) is 3.18. The highest BCUT2D eigenvalue weighted by Crippen LogP contribution is 2.18. The van der Waals surface area contributed by atoms with Crippen molar-refractivity contribution >= 4 is 33.4 Å². The maximum Gasteiger partial charge on any atom is 0.242 e. The zero-order chi connectivity index (χ0) is 16.8. The highest BCUT2D eigenvalue weighted by Gasteiger charge is 2.23. The van der Waals surface area contributed by atoms with Crippen molar-refractivity contribution in [1.29, 1.82) is 0 Å². The van der Waals surface area contributed by atoms with Gasteiger partial charge in [-0.1, -0.05) is 12.1 Å². The third kappa shape index (κ3) is 5.62. The molecular formula is C15H24N2O3S2. The maximum atomic E-state index is 12.4. The van der Waals surface area contributed by atoms with Gasteiger partial charge in [0.2, 0.25) is 15.9 Å². The largest absolute Gasteiger partial charge is 0.324 e. The van der Waals surface area contributed by atoms with Crippen molar-refractivity contribution in [3.8, 4) is 0 Å². The van der Waals surface area contributed by atoms with Crippen LogP contribution in [-0.2, 0) is 14.8 Å². The first kappa shape index (κ1) is 19.0. The molecule has 2 N–H and O–H groups in total. The van der Waals surface area contributed by atoms with E-state index in [2.05, 4.69) is 10.0 Å². The molecule has 0 aliphatic rings. The summed E-state index contributed by atoms with van der Waals surface area (Å²) in [5, 5.41) is 2.83. The Hall–Kier alpha value is -1.05. The van der Waals surface area contributed by atoms with Crippen LogP contribution in [-0.4, -0.2) is 38.1 Å². The lowest BCUT2D eigenvalue weighted by molar-refractivity contribution is -0.117. The van der Waals surface area contributed by atoms with E-state index >= 15 is 0 Å². The van der Waals surface area contributed by atoms with E-state index in [0.717, 1.165) is 16.8 Å². The second-order valence-electron chi connectivity index (χ2n) is 5.09. The van der Waals surface area contributed by atoms with E-state index in [4.69, 9.17) is 0 Å². The van der Waals surface area contributed by atoms with Gasteiger partial charge in [0.25, 0.3) is 0 Å². The molecule has 0 fully saturated rings. The lowest BCUT2D eigenvalue weighted by atomic mass is 10.1. The number of carbonyl (C=O) groups is 1. The molecule has 1 amide bonds. The summed E-state index contributed by atoms with van der Waals surface area (Å²) in [5.41, 5.74) is 2.78. The number of benzene rings is 1. The second-order valence-corrected chi connectivity index (χ2v) is 8.12. The van der Waals surface area contributed by atoms with Crippen LogP contribution in [0.1, 0.15) is 24.5 Å². The molecule has 0 aliphatic carbocycles. The van der Waals surface area contributed by atoms with Crippen molar-refractivity contribution in [2.24, 2.45) is 0 Å². The number of carbonyl (C=O) groups excluding carboxylic acids is 1. The van der Waals surface area contributed by atoms with Gasteiger partial charge in [0.1, 0.15) is 6.04 Å². The van der Waals surface area contributed by atoms with Crippen molar-refractivity contribution in [2.45, 2.75) is 33.2 Å². The van der Waals surface area contributed by atoms with Crippen LogP contribution in [0.15, 0.2) is 18.2 Å². The van der Waals surface area contributed by atoms with Gasteiger partial charge in [0.05, 0.1) is 5.75 Å². The molecule has 0 heterocycles. The van der Waals surface area contributed by atoms with Crippen molar-refractivity contribution < 1.29 is 13.2 Å². The molecule has 0 bridgehead atoms. The lowest BCUT2D eigenvalue weighted by Gasteiger charge is -2.19. The molecule has 1 aromatic rings. The van der Waals surface area contributed by atoms with E-state index < -0.39 is 16.1 Å². The van der Waals surface area contributed by atoms with Gasteiger partial charge >= 0.3 is 0 Å². The molecule has 1 atom stereocenters. The Balaban J connectivity index is 2.89. The molecule has 124 valence electrons. The van der Waals surface area contributed by atoms with E-state index in [9.17, 15) is 13.2 Å². The first-order valence-corrected chi connectivity index (χ1v) is 10.2. The van der Waals surface area contributed by atoms with E-state index in [-0.39, 0.29) is 11.7 Å². The Kier molecular flexibility index (Phi) is 7.38. The molecule has 0 unspecified atom stereocenters. The fourth-order valence-electron chi connectivity index (χ4n) is 1.89. The van der Waals surface area contributed by atoms with Crippen LogP contribution in [0.5, 0.6) is 0 Å². The minimum Gasteiger partial charge on any atom is -0.324 e. The molecule has 5 nitrogen and oxygen atoms in total. The molecule has 0 radical (unpaired) electrons. The third-order valence-corrected chi connectivity index (χ3v) is 5.54. The number of thioether (sulfide) groups is 1. The van der Waals surface area contributed by atoms with Crippen LogP contribution in [0, 0.1) is 13.8 Å². The fraction of sp³-hybridized carbons (Fsp3) is 0.533. The first-order chi connectivity index (χ1) is 10.3. The first-order valence-electron chi connectivity index (χ1n) is 7.16. The monoisotopic (exact) mass is 344 g/mol. The number of aryl methyl sites for hydroxylation is 1. The topological polar surface area (TPSA) is 75.3 Å². The maximum absolute atomic E-state index is 12.4. The Morgan fingerprint density at radius 2 is 2.00 bits per heavy atom. The molecule has 22 heavy (non-hydrogen) atoms. The number of hydrogen-bond acceptors (Lipinski definition) is 4. The van der Waals surface area contributed by atoms with E-state index in [0.29, 0.717) is 12.2 Å². The normalized spacial score (nSPS) is 12.9. The van der Waals surface area contributed by atoms with Gasteiger partial charge in [-0.05, 0) is 56.4 Å². The minimum absolute atomic E-state index is 0.0421. The molecule has 0 saturated heterocycles. The summed E-state index contributed by atoms with van der Waals surface area (Å²) in [6, 6.07) is 4.90. The van der Waals surface area contributed by atoms with Crippen LogP contribution in [0.4, 0.5) is 5.69 Å². The lowest BCUT2D eigenvalue weighted by Crippen LogP contribution is -2.44. The van der Waals surface area contributed by atoms with Gasteiger partial charge in [-0.25, -0.2) is 13.1 Å². The van der Waals surface area contributed by atoms with Crippen molar-refractivity contribution in [2.75, 3.05) is 23.1 Å². The summed E-state index contributed by atoms with van der Waals surface area (Å²) in [7, 11) is -3.42. The number of sulfonamides is 1. The molecule has 0 aromatic heterocycles. The van der Waals surface area contributed by atoms with Gasteiger partial charge in [0, 0.05) is 5.69 Å². The Morgan fingerprint density at radius 1 is 1.32 bits per heavy atom. The van der Waals surface area contributed by atoms with Crippen LogP contribution < -0.4 is 10.0 Å². The molecule has 0 spiro atoms. The summed E-state index contributed by atoms with van der Waals surface area (Å²) < 4.78 is 26.0. The zero-order valence-electron chi connectivity index (χ0n) is 13.5. The van der Waals surface area contributed by atoms with Crippen LogP contribution in [0.2, 0.25) is 0 Å². The second kappa shape index (κ2) is 8.55. The van der Waals surface area contributed by atoms with Gasteiger partial charge in [-0.3, -0.25) is 4.79 Å². The predicted molar refractivity (Wildman–Crippen MR) is 93.9 cm³/mol. The number of amides is 1. The minimum atomic E-state index is -3.42. The van der Waals surface area contributed by atoms with Crippen LogP contribution in [0.3, 0.4) is 0 Å². The number of anilines is 1. The quantitative estimate of drug-likeness (QED) is 0.759. The molecule has 1 aromatic carbocycles. The van der Waals surface area contributed by atoms with Crippen LogP contribution >= 0.6 is 11.8 Å². The molecule has 0 aliphatic heterocycles. The average molecular weight is 345 g/mol. The van der Waals surface area contributed by atoms with Crippen molar-refractivity contribution in [1.82, 2.24) is 4.72 Å². The van der Waals surface area contributed by atoms with Gasteiger partial charge in [0.15, 0.2) is 0 Å². The number of rotatable bonds is 8. The van der Waals surface area contributed by atoms with Gasteiger partial charge < -0.3 is 5.32 Å². The Morgan fingerprint density at radius 3 is 2.59 bits per heavy atom. The summed E-state index contributed by atoms with van der Waals surface area (Å²) in [4.78, 5) is 12.4. The zero-order valence-corrected chi connectivity index (χ0v) is 15.1. The molecule has 7 heteroatoms. The third-order valence-electron chi connectivity index (χ3n) is 3.49. The summed E-state index contributed by atoms with van der Waals surface area (Å²) in [6.45, 7) is 5.45. The summed E-state index contributed by atoms with van der Waals surface area (Å²) in [5.74, 6) is 0.344. The van der Waals surface area contributed by atoms with E-state index in [1.54, 1.807) is 18.7 Å². The van der Waals surface area contributed by atoms with Gasteiger partial charge in [-0.15, -0.1) is 0 Å². The Bertz CT molecular complexity index is 615. The summed E-state index contributed by atoms with van der Waals surface area (Å²) >= 11 is 1.58. The highest BCUT2D eigenvalue weighted by molar-refractivity contribution is 7.98. The predicted octanol–water partition coefficient (Wildman–Crippen LogP) is 2.30.